The summed E-state index contributed by atoms with van der Waals surface area (Å²) in [5.74, 6) is 0.319. The zero-order valence-corrected chi connectivity index (χ0v) is 10.7. The quantitative estimate of drug-likeness (QED) is 0.659. The van der Waals surface area contributed by atoms with Crippen molar-refractivity contribution in [3.05, 3.63) is 65.7 Å². The first-order valence-electron chi connectivity index (χ1n) is 6.31. The van der Waals surface area contributed by atoms with Gasteiger partial charge in [0.15, 0.2) is 0 Å². The number of ether oxygens (including phenoxy) is 1. The Morgan fingerprint density at radius 1 is 0.947 bits per heavy atom. The van der Waals surface area contributed by atoms with E-state index in [1.807, 2.05) is 42.5 Å². The van der Waals surface area contributed by atoms with Crippen LogP contribution in [-0.2, 0) is 17.6 Å². The van der Waals surface area contributed by atoms with E-state index in [9.17, 15) is 4.79 Å². The highest BCUT2D eigenvalue weighted by Gasteiger charge is 2.06. The average molecular weight is 255 g/mol. The molecule has 0 spiro atoms. The molecular formula is C16H17NO2. The summed E-state index contributed by atoms with van der Waals surface area (Å²) in [6.45, 7) is 0.618. The SMILES string of the molecule is NCCc1ccc(OC(=O)Cc2ccccc2)cc1. The molecule has 0 aliphatic heterocycles. The standard InChI is InChI=1S/C16H17NO2/c17-11-10-13-6-8-15(9-7-13)19-16(18)12-14-4-2-1-3-5-14/h1-9H,10-12,17H2. The van der Waals surface area contributed by atoms with Gasteiger partial charge in [-0.2, -0.15) is 0 Å². The second-order valence-corrected chi connectivity index (χ2v) is 4.32. The molecule has 0 amide bonds. The first kappa shape index (κ1) is 13.3. The first-order valence-corrected chi connectivity index (χ1v) is 6.31. The lowest BCUT2D eigenvalue weighted by Crippen LogP contribution is -2.11. The highest BCUT2D eigenvalue weighted by atomic mass is 16.5. The Labute approximate surface area is 113 Å². The molecular weight excluding hydrogens is 238 g/mol. The van der Waals surface area contributed by atoms with E-state index in [1.54, 1.807) is 12.1 Å². The molecule has 3 nitrogen and oxygen atoms in total. The first-order chi connectivity index (χ1) is 9.28. The Morgan fingerprint density at radius 3 is 2.26 bits per heavy atom. The van der Waals surface area contributed by atoms with Crippen molar-refractivity contribution in [2.45, 2.75) is 12.8 Å². The molecule has 0 fully saturated rings. The zero-order chi connectivity index (χ0) is 13.5. The van der Waals surface area contributed by atoms with Crippen LogP contribution in [0, 0.1) is 0 Å². The second kappa shape index (κ2) is 6.71. The molecule has 2 aromatic carbocycles. The van der Waals surface area contributed by atoms with Crippen LogP contribution >= 0.6 is 0 Å². The molecule has 3 heteroatoms. The lowest BCUT2D eigenvalue weighted by Gasteiger charge is -2.05. The molecule has 0 aromatic heterocycles. The summed E-state index contributed by atoms with van der Waals surface area (Å²) in [6.07, 6.45) is 1.11. The minimum atomic E-state index is -0.252. The highest BCUT2D eigenvalue weighted by Crippen LogP contribution is 2.13. The molecule has 0 bridgehead atoms. The summed E-state index contributed by atoms with van der Waals surface area (Å²) in [4.78, 5) is 11.8. The number of carbonyl (C=O) groups excluding carboxylic acids is 1. The van der Waals surface area contributed by atoms with Gasteiger partial charge in [-0.1, -0.05) is 42.5 Å². The van der Waals surface area contributed by atoms with Gasteiger partial charge in [0, 0.05) is 0 Å². The van der Waals surface area contributed by atoms with Crippen LogP contribution in [0.25, 0.3) is 0 Å². The average Bonchev–Trinajstić information content (AvgIpc) is 2.42. The Kier molecular flexibility index (Phi) is 4.70. The monoisotopic (exact) mass is 255 g/mol. The molecule has 0 saturated carbocycles. The van der Waals surface area contributed by atoms with Crippen molar-refractivity contribution in [3.63, 3.8) is 0 Å². The highest BCUT2D eigenvalue weighted by molar-refractivity contribution is 5.75. The molecule has 98 valence electrons. The fourth-order valence-electron chi connectivity index (χ4n) is 1.82. The van der Waals surface area contributed by atoms with Crippen LogP contribution in [0.5, 0.6) is 5.75 Å². The molecule has 0 aliphatic carbocycles. The van der Waals surface area contributed by atoms with E-state index >= 15 is 0 Å². The van der Waals surface area contributed by atoms with Crippen LogP contribution in [0.15, 0.2) is 54.6 Å². The van der Waals surface area contributed by atoms with E-state index in [1.165, 1.54) is 0 Å². The summed E-state index contributed by atoms with van der Waals surface area (Å²) >= 11 is 0. The Balaban J connectivity index is 1.91. The van der Waals surface area contributed by atoms with Crippen molar-refractivity contribution in [3.8, 4) is 5.75 Å². The van der Waals surface area contributed by atoms with Gasteiger partial charge in [-0.3, -0.25) is 4.79 Å². The fourth-order valence-corrected chi connectivity index (χ4v) is 1.82. The van der Waals surface area contributed by atoms with Crippen LogP contribution < -0.4 is 10.5 Å². The third-order valence-electron chi connectivity index (χ3n) is 2.78. The number of esters is 1. The van der Waals surface area contributed by atoms with Crippen molar-refractivity contribution < 1.29 is 9.53 Å². The molecule has 0 radical (unpaired) electrons. The Morgan fingerprint density at radius 2 is 1.63 bits per heavy atom. The van der Waals surface area contributed by atoms with Crippen molar-refractivity contribution in [2.75, 3.05) is 6.54 Å². The van der Waals surface area contributed by atoms with E-state index in [0.717, 1.165) is 17.5 Å². The van der Waals surface area contributed by atoms with Gasteiger partial charge in [0.25, 0.3) is 0 Å². The van der Waals surface area contributed by atoms with Gasteiger partial charge in [0.2, 0.25) is 0 Å². The number of hydrogen-bond donors (Lipinski definition) is 1. The Hall–Kier alpha value is -2.13. The molecule has 0 unspecified atom stereocenters. The zero-order valence-electron chi connectivity index (χ0n) is 10.7. The van der Waals surface area contributed by atoms with E-state index in [-0.39, 0.29) is 12.4 Å². The van der Waals surface area contributed by atoms with Crippen molar-refractivity contribution in [2.24, 2.45) is 5.73 Å². The van der Waals surface area contributed by atoms with Crippen molar-refractivity contribution >= 4 is 5.97 Å². The maximum atomic E-state index is 11.8. The molecule has 2 aromatic rings. The van der Waals surface area contributed by atoms with E-state index < -0.39 is 0 Å². The molecule has 19 heavy (non-hydrogen) atoms. The van der Waals surface area contributed by atoms with E-state index in [0.29, 0.717) is 12.3 Å². The van der Waals surface area contributed by atoms with Gasteiger partial charge >= 0.3 is 5.97 Å². The molecule has 0 atom stereocenters. The summed E-state index contributed by atoms with van der Waals surface area (Å²) in [5, 5.41) is 0. The van der Waals surface area contributed by atoms with Gasteiger partial charge in [0.1, 0.15) is 5.75 Å². The summed E-state index contributed by atoms with van der Waals surface area (Å²) in [6, 6.07) is 17.0. The normalized spacial score (nSPS) is 10.2. The number of carbonyl (C=O) groups is 1. The molecule has 2 N–H and O–H groups in total. The molecule has 0 aliphatic rings. The van der Waals surface area contributed by atoms with Crippen LogP contribution in [0.4, 0.5) is 0 Å². The maximum absolute atomic E-state index is 11.8. The number of nitrogens with two attached hydrogens (primary N) is 1. The summed E-state index contributed by atoms with van der Waals surface area (Å²) in [7, 11) is 0. The Bertz CT molecular complexity index is 520. The number of hydrogen-bond acceptors (Lipinski definition) is 3. The van der Waals surface area contributed by atoms with Gasteiger partial charge in [0.05, 0.1) is 6.42 Å². The summed E-state index contributed by atoms with van der Waals surface area (Å²) < 4.78 is 5.28. The van der Waals surface area contributed by atoms with Gasteiger partial charge in [-0.15, -0.1) is 0 Å². The van der Waals surface area contributed by atoms with Crippen LogP contribution in [0.3, 0.4) is 0 Å². The van der Waals surface area contributed by atoms with Gasteiger partial charge < -0.3 is 10.5 Å². The van der Waals surface area contributed by atoms with Crippen LogP contribution in [0.2, 0.25) is 0 Å². The maximum Gasteiger partial charge on any atom is 0.315 e. The predicted octanol–water partition coefficient (Wildman–Crippen LogP) is 2.34. The lowest BCUT2D eigenvalue weighted by atomic mass is 10.1. The third kappa shape index (κ3) is 4.23. The van der Waals surface area contributed by atoms with E-state index in [4.69, 9.17) is 10.5 Å². The third-order valence-corrected chi connectivity index (χ3v) is 2.78. The van der Waals surface area contributed by atoms with E-state index in [2.05, 4.69) is 0 Å². The fraction of sp³-hybridized carbons (Fsp3) is 0.188. The van der Waals surface area contributed by atoms with Crippen LogP contribution in [0.1, 0.15) is 11.1 Å². The van der Waals surface area contributed by atoms with Gasteiger partial charge in [-0.05, 0) is 36.2 Å². The van der Waals surface area contributed by atoms with Gasteiger partial charge in [-0.25, -0.2) is 0 Å². The van der Waals surface area contributed by atoms with Crippen LogP contribution in [-0.4, -0.2) is 12.5 Å². The molecule has 0 heterocycles. The second-order valence-electron chi connectivity index (χ2n) is 4.32. The summed E-state index contributed by atoms with van der Waals surface area (Å²) in [5.41, 5.74) is 7.57. The number of rotatable bonds is 5. The topological polar surface area (TPSA) is 52.3 Å². The molecule has 0 saturated heterocycles. The predicted molar refractivity (Wildman–Crippen MR) is 75.0 cm³/mol. The van der Waals surface area contributed by atoms with Crippen molar-refractivity contribution in [1.82, 2.24) is 0 Å². The minimum Gasteiger partial charge on any atom is -0.426 e. The lowest BCUT2D eigenvalue weighted by molar-refractivity contribution is -0.133. The minimum absolute atomic E-state index is 0.252. The smallest absolute Gasteiger partial charge is 0.315 e. The molecule has 2 rings (SSSR count). The number of benzene rings is 2. The van der Waals surface area contributed by atoms with Crippen molar-refractivity contribution in [1.29, 1.82) is 0 Å². The largest absolute Gasteiger partial charge is 0.426 e.